The van der Waals surface area contributed by atoms with Gasteiger partial charge >= 0.3 is 0 Å². The fraction of sp³-hybridized carbons (Fsp3) is 0.786. The quantitative estimate of drug-likeness (QED) is 0.638. The van der Waals surface area contributed by atoms with Gasteiger partial charge < -0.3 is 10.6 Å². The maximum atomic E-state index is 13.5. The van der Waals surface area contributed by atoms with Crippen molar-refractivity contribution in [3.63, 3.8) is 0 Å². The van der Waals surface area contributed by atoms with Crippen LogP contribution in [-0.4, -0.2) is 11.8 Å². The maximum absolute atomic E-state index is 13.5. The molecule has 0 aromatic carbocycles. The van der Waals surface area contributed by atoms with E-state index in [0.29, 0.717) is 0 Å². The lowest BCUT2D eigenvalue weighted by molar-refractivity contribution is -0.145. The summed E-state index contributed by atoms with van der Waals surface area (Å²) in [5.74, 6) is 5.20. The smallest absolute Gasteiger partial charge is 0.230 e. The van der Waals surface area contributed by atoms with E-state index in [2.05, 4.69) is 22.8 Å². The Morgan fingerprint density at radius 2 is 1.06 bits per heavy atom. The van der Waals surface area contributed by atoms with E-state index in [-0.39, 0.29) is 22.6 Å². The Labute approximate surface area is 192 Å². The second kappa shape index (κ2) is 6.96. The van der Waals surface area contributed by atoms with E-state index < -0.39 is 0 Å². The van der Waals surface area contributed by atoms with Gasteiger partial charge in [-0.25, -0.2) is 0 Å². The Kier molecular flexibility index (Phi) is 4.32. The minimum absolute atomic E-state index is 0.112. The number of rotatable bonds is 4. The van der Waals surface area contributed by atoms with Gasteiger partial charge in [-0.15, -0.1) is 0 Å². The van der Waals surface area contributed by atoms with Crippen molar-refractivity contribution in [2.75, 3.05) is 0 Å². The molecule has 32 heavy (non-hydrogen) atoms. The van der Waals surface area contributed by atoms with Crippen molar-refractivity contribution in [1.82, 2.24) is 10.6 Å². The molecule has 0 heterocycles. The molecule has 0 atom stereocenters. The monoisotopic (exact) mass is 434 g/mol. The molecule has 8 bridgehead atoms. The summed E-state index contributed by atoms with van der Waals surface area (Å²) in [6.45, 7) is 0. The van der Waals surface area contributed by atoms with Crippen LogP contribution in [0.5, 0.6) is 0 Å². The van der Waals surface area contributed by atoms with E-state index >= 15 is 0 Å². The molecule has 0 saturated heterocycles. The lowest BCUT2D eigenvalue weighted by Crippen LogP contribution is -2.54. The minimum atomic E-state index is -0.122. The molecular weight excluding hydrogens is 396 g/mol. The summed E-state index contributed by atoms with van der Waals surface area (Å²) in [5, 5.41) is 6.65. The predicted molar refractivity (Wildman–Crippen MR) is 123 cm³/mol. The van der Waals surface area contributed by atoms with Gasteiger partial charge in [0.05, 0.1) is 10.8 Å². The molecule has 2 amide bonds. The first-order valence-corrected chi connectivity index (χ1v) is 13.5. The highest BCUT2D eigenvalue weighted by atomic mass is 16.2. The summed E-state index contributed by atoms with van der Waals surface area (Å²) in [4.78, 5) is 26.9. The first-order chi connectivity index (χ1) is 15.5. The molecule has 9 aliphatic rings. The molecule has 0 aromatic rings. The van der Waals surface area contributed by atoms with Crippen LogP contribution in [0.25, 0.3) is 0 Å². The van der Waals surface area contributed by atoms with Crippen molar-refractivity contribution in [2.45, 2.75) is 89.9 Å². The first-order valence-electron chi connectivity index (χ1n) is 13.5. The molecule has 0 unspecified atom stereocenters. The average Bonchev–Trinajstić information content (AvgIpc) is 2.72. The van der Waals surface area contributed by atoms with Gasteiger partial charge in [-0.3, -0.25) is 9.59 Å². The van der Waals surface area contributed by atoms with E-state index in [9.17, 15) is 9.59 Å². The Balaban J connectivity index is 1.04. The molecule has 4 heteroatoms. The lowest BCUT2D eigenvalue weighted by Gasteiger charge is -2.55. The molecule has 0 aromatic heterocycles. The second-order valence-electron chi connectivity index (χ2n) is 13.2. The van der Waals surface area contributed by atoms with Crippen molar-refractivity contribution in [3.05, 3.63) is 23.5 Å². The van der Waals surface area contributed by atoms with Gasteiger partial charge in [0.2, 0.25) is 11.8 Å². The zero-order valence-corrected chi connectivity index (χ0v) is 19.3. The van der Waals surface area contributed by atoms with Crippen LogP contribution in [0, 0.1) is 46.3 Å². The molecule has 0 aliphatic heterocycles. The minimum Gasteiger partial charge on any atom is -0.329 e. The van der Waals surface area contributed by atoms with E-state index in [1.165, 1.54) is 38.5 Å². The molecule has 8 fully saturated rings. The van der Waals surface area contributed by atoms with Crippen molar-refractivity contribution >= 4 is 11.8 Å². The van der Waals surface area contributed by atoms with E-state index in [0.717, 1.165) is 98.3 Å². The highest BCUT2D eigenvalue weighted by Crippen LogP contribution is 2.61. The summed E-state index contributed by atoms with van der Waals surface area (Å²) >= 11 is 0. The van der Waals surface area contributed by atoms with E-state index in [1.54, 1.807) is 0 Å². The Morgan fingerprint density at radius 3 is 1.50 bits per heavy atom. The molecule has 9 rings (SSSR count). The fourth-order valence-corrected chi connectivity index (χ4v) is 10.2. The number of amides is 2. The zero-order chi connectivity index (χ0) is 21.5. The molecule has 0 radical (unpaired) electrons. The second-order valence-corrected chi connectivity index (χ2v) is 13.2. The zero-order valence-electron chi connectivity index (χ0n) is 19.3. The van der Waals surface area contributed by atoms with Gasteiger partial charge in [-0.1, -0.05) is 6.08 Å². The van der Waals surface area contributed by atoms with Crippen molar-refractivity contribution < 1.29 is 9.59 Å². The number of carbonyl (C=O) groups is 2. The Bertz CT molecular complexity index is 842. The highest BCUT2D eigenvalue weighted by Gasteiger charge is 2.56. The standard InChI is InChI=1S/C28H38N2O2/c31-25(27-11-17-4-18(12-27)6-19(5-17)13-27)29-23-2-1-3-24(10-23)30-26(32)28-14-20-7-21(15-28)9-22(8-20)16-28/h2,10,17-22H,1,3-9,11-16H2,(H,29,31)(H,30,32). The summed E-state index contributed by atoms with van der Waals surface area (Å²) < 4.78 is 0. The third-order valence-corrected chi connectivity index (χ3v) is 10.7. The van der Waals surface area contributed by atoms with Gasteiger partial charge in [0.25, 0.3) is 0 Å². The summed E-state index contributed by atoms with van der Waals surface area (Å²) in [7, 11) is 0. The average molecular weight is 435 g/mol. The van der Waals surface area contributed by atoms with Crippen LogP contribution in [-0.2, 0) is 9.59 Å². The van der Waals surface area contributed by atoms with Gasteiger partial charge in [0.1, 0.15) is 0 Å². The van der Waals surface area contributed by atoms with Crippen molar-refractivity contribution in [1.29, 1.82) is 0 Å². The summed E-state index contributed by atoms with van der Waals surface area (Å²) in [6.07, 6.45) is 20.7. The SMILES string of the molecule is O=C(NC1=CCCC(NC(=O)C23CC4CC(CC(C4)C2)C3)=C1)C12CC3CC(CC(C3)C1)C2. The fourth-order valence-electron chi connectivity index (χ4n) is 10.2. The van der Waals surface area contributed by atoms with Gasteiger partial charge in [-0.05, 0) is 131 Å². The van der Waals surface area contributed by atoms with Crippen LogP contribution in [0.1, 0.15) is 89.9 Å². The van der Waals surface area contributed by atoms with E-state index in [1.807, 2.05) is 0 Å². The number of hydrogen-bond donors (Lipinski definition) is 2. The van der Waals surface area contributed by atoms with Crippen molar-refractivity contribution in [3.8, 4) is 0 Å². The molecule has 8 saturated carbocycles. The Morgan fingerprint density at radius 1 is 0.656 bits per heavy atom. The van der Waals surface area contributed by atoms with Crippen LogP contribution in [0.3, 0.4) is 0 Å². The molecule has 2 N–H and O–H groups in total. The molecular formula is C28H38N2O2. The normalized spacial score (nSPS) is 47.8. The van der Waals surface area contributed by atoms with Gasteiger partial charge in [0.15, 0.2) is 0 Å². The molecule has 0 spiro atoms. The topological polar surface area (TPSA) is 58.2 Å². The molecule has 172 valence electrons. The predicted octanol–water partition coefficient (Wildman–Crippen LogP) is 5.21. The van der Waals surface area contributed by atoms with Crippen LogP contribution < -0.4 is 10.6 Å². The Hall–Kier alpha value is -1.58. The lowest BCUT2D eigenvalue weighted by atomic mass is 9.49. The number of hydrogen-bond acceptors (Lipinski definition) is 2. The van der Waals surface area contributed by atoms with Gasteiger partial charge in [0, 0.05) is 11.4 Å². The summed E-state index contributed by atoms with van der Waals surface area (Å²) in [5.41, 5.74) is 1.69. The van der Waals surface area contributed by atoms with Gasteiger partial charge in [-0.2, -0.15) is 0 Å². The highest BCUT2D eigenvalue weighted by molar-refractivity contribution is 5.86. The van der Waals surface area contributed by atoms with Crippen molar-refractivity contribution in [2.24, 2.45) is 46.3 Å². The maximum Gasteiger partial charge on any atom is 0.230 e. The first kappa shape index (κ1) is 19.9. The van der Waals surface area contributed by atoms with Crippen LogP contribution >= 0.6 is 0 Å². The van der Waals surface area contributed by atoms with Crippen LogP contribution in [0.2, 0.25) is 0 Å². The van der Waals surface area contributed by atoms with Crippen LogP contribution in [0.4, 0.5) is 0 Å². The number of nitrogens with one attached hydrogen (secondary N) is 2. The summed E-state index contributed by atoms with van der Waals surface area (Å²) in [6, 6.07) is 0. The van der Waals surface area contributed by atoms with Crippen LogP contribution in [0.15, 0.2) is 23.5 Å². The third kappa shape index (κ3) is 3.15. The number of carbonyl (C=O) groups excluding carboxylic acids is 2. The number of allylic oxidation sites excluding steroid dienone is 3. The van der Waals surface area contributed by atoms with E-state index in [4.69, 9.17) is 0 Å². The molecule has 9 aliphatic carbocycles. The molecule has 4 nitrogen and oxygen atoms in total. The third-order valence-electron chi connectivity index (χ3n) is 10.7. The largest absolute Gasteiger partial charge is 0.329 e.